The van der Waals surface area contributed by atoms with Crippen molar-refractivity contribution in [1.82, 2.24) is 0 Å². The van der Waals surface area contributed by atoms with E-state index in [1.54, 1.807) is 0 Å². The Balaban J connectivity index is 3.12. The Bertz CT molecular complexity index is 453. The summed E-state index contributed by atoms with van der Waals surface area (Å²) in [6.07, 6.45) is 4.47. The van der Waals surface area contributed by atoms with E-state index in [4.69, 9.17) is 15.8 Å². The van der Waals surface area contributed by atoms with E-state index in [2.05, 4.69) is 0 Å². The predicted molar refractivity (Wildman–Crippen MR) is 50.9 cm³/mol. The Labute approximate surface area is 85.1 Å². The Hall–Kier alpha value is -2.22. The van der Waals surface area contributed by atoms with Gasteiger partial charge in [-0.25, -0.2) is 4.79 Å². The van der Waals surface area contributed by atoms with Gasteiger partial charge in [0.2, 0.25) is 5.83 Å². The third-order valence-electron chi connectivity index (χ3n) is 1.81. The summed E-state index contributed by atoms with van der Waals surface area (Å²) in [5, 5.41) is 24.2. The van der Waals surface area contributed by atoms with E-state index in [1.807, 2.05) is 0 Å². The molecule has 0 radical (unpaired) electrons. The van der Waals surface area contributed by atoms with Crippen LogP contribution in [0.4, 0.5) is 4.39 Å². The van der Waals surface area contributed by atoms with Crippen LogP contribution in [-0.2, 0) is 4.79 Å². The van der Waals surface area contributed by atoms with E-state index in [0.717, 1.165) is 0 Å². The summed E-state index contributed by atoms with van der Waals surface area (Å²) in [7, 11) is 0. The summed E-state index contributed by atoms with van der Waals surface area (Å²) in [5.41, 5.74) is 0.0198. The van der Waals surface area contributed by atoms with Gasteiger partial charge in [0.1, 0.15) is 11.6 Å². The summed E-state index contributed by atoms with van der Waals surface area (Å²) in [5.74, 6) is -3.23. The molecule has 0 amide bonds. The predicted octanol–water partition coefficient (Wildman–Crippen LogP) is 1.72. The first-order valence-electron chi connectivity index (χ1n) is 4.05. The summed E-state index contributed by atoms with van der Waals surface area (Å²) >= 11 is 0. The summed E-state index contributed by atoms with van der Waals surface area (Å²) < 4.78 is 13.0. The van der Waals surface area contributed by atoms with Gasteiger partial charge in [0, 0.05) is 12.1 Å². The number of nitrogens with zero attached hydrogens (tertiary/aromatic N) is 1. The van der Waals surface area contributed by atoms with Crippen LogP contribution in [0.2, 0.25) is 0 Å². The summed E-state index contributed by atoms with van der Waals surface area (Å²) in [4.78, 5) is 10.3. The molecule has 1 aliphatic rings. The lowest BCUT2D eigenvalue weighted by Gasteiger charge is -2.05. The number of rotatable bonds is 2. The highest BCUT2D eigenvalue weighted by atomic mass is 19.1. The second-order valence-electron chi connectivity index (χ2n) is 2.83. The molecule has 1 rings (SSSR count). The first kappa shape index (κ1) is 10.9. The summed E-state index contributed by atoms with van der Waals surface area (Å²) in [6, 6.07) is 1.50. The van der Waals surface area contributed by atoms with Crippen LogP contribution < -0.4 is 0 Å². The fraction of sp³-hybridized carbons (Fsp3) is 0.100. The SMILES string of the molecule is N#CC(C1=CCC(=N)C=C1)=C(F)C(=O)O. The molecule has 0 bridgehead atoms. The van der Waals surface area contributed by atoms with Gasteiger partial charge in [0.05, 0.1) is 0 Å². The molecule has 0 saturated carbocycles. The van der Waals surface area contributed by atoms with Crippen molar-refractivity contribution in [3.05, 3.63) is 35.2 Å². The zero-order valence-electron chi connectivity index (χ0n) is 7.62. The van der Waals surface area contributed by atoms with E-state index >= 15 is 0 Å². The molecule has 0 spiro atoms. The molecule has 15 heavy (non-hydrogen) atoms. The van der Waals surface area contributed by atoms with E-state index in [0.29, 0.717) is 5.71 Å². The van der Waals surface area contributed by atoms with E-state index in [1.165, 1.54) is 24.3 Å². The van der Waals surface area contributed by atoms with Gasteiger partial charge in [-0.1, -0.05) is 12.2 Å². The highest BCUT2D eigenvalue weighted by molar-refractivity contribution is 5.96. The fourth-order valence-corrected chi connectivity index (χ4v) is 1.08. The Morgan fingerprint density at radius 1 is 1.60 bits per heavy atom. The van der Waals surface area contributed by atoms with Crippen molar-refractivity contribution in [2.45, 2.75) is 6.42 Å². The highest BCUT2D eigenvalue weighted by Gasteiger charge is 2.17. The van der Waals surface area contributed by atoms with E-state index < -0.39 is 17.4 Å². The number of aliphatic carboxylic acids is 1. The van der Waals surface area contributed by atoms with Gasteiger partial charge in [0.25, 0.3) is 0 Å². The van der Waals surface area contributed by atoms with E-state index in [9.17, 15) is 9.18 Å². The van der Waals surface area contributed by atoms with E-state index in [-0.39, 0.29) is 12.0 Å². The van der Waals surface area contributed by atoms with Crippen LogP contribution in [0.25, 0.3) is 0 Å². The van der Waals surface area contributed by atoms with Crippen LogP contribution in [0, 0.1) is 16.7 Å². The van der Waals surface area contributed by atoms with Gasteiger partial charge in [-0.3, -0.25) is 0 Å². The minimum atomic E-state index is -1.76. The number of carboxylic acids is 1. The monoisotopic (exact) mass is 206 g/mol. The average molecular weight is 206 g/mol. The lowest BCUT2D eigenvalue weighted by atomic mass is 9.99. The second kappa shape index (κ2) is 4.33. The largest absolute Gasteiger partial charge is 0.476 e. The minimum Gasteiger partial charge on any atom is -0.476 e. The van der Waals surface area contributed by atoms with Crippen molar-refractivity contribution < 1.29 is 14.3 Å². The van der Waals surface area contributed by atoms with Gasteiger partial charge < -0.3 is 10.5 Å². The molecular weight excluding hydrogens is 199 g/mol. The maximum atomic E-state index is 13.0. The molecular formula is C10H7FN2O2. The van der Waals surface area contributed by atoms with Crippen molar-refractivity contribution in [3.63, 3.8) is 0 Å². The maximum absolute atomic E-state index is 13.0. The third-order valence-corrected chi connectivity index (χ3v) is 1.81. The number of carboxylic acid groups (broad SMARTS) is 1. The number of carbonyl (C=O) groups is 1. The number of allylic oxidation sites excluding steroid dienone is 5. The van der Waals surface area contributed by atoms with Crippen LogP contribution in [0.1, 0.15) is 6.42 Å². The van der Waals surface area contributed by atoms with Crippen molar-refractivity contribution in [3.8, 4) is 6.07 Å². The fourth-order valence-electron chi connectivity index (χ4n) is 1.08. The van der Waals surface area contributed by atoms with Crippen molar-refractivity contribution in [1.29, 1.82) is 10.7 Å². The normalized spacial score (nSPS) is 16.5. The van der Waals surface area contributed by atoms with Gasteiger partial charge in [-0.15, -0.1) is 0 Å². The molecule has 0 atom stereocenters. The van der Waals surface area contributed by atoms with Crippen molar-refractivity contribution in [2.24, 2.45) is 0 Å². The van der Waals surface area contributed by atoms with Gasteiger partial charge in [0.15, 0.2) is 0 Å². The van der Waals surface area contributed by atoms with Crippen LogP contribution in [-0.4, -0.2) is 16.8 Å². The first-order valence-corrected chi connectivity index (χ1v) is 4.05. The first-order chi connectivity index (χ1) is 7.06. The van der Waals surface area contributed by atoms with Gasteiger partial charge in [-0.2, -0.15) is 9.65 Å². The topological polar surface area (TPSA) is 84.9 Å². The molecule has 0 fully saturated rings. The number of halogens is 1. The highest BCUT2D eigenvalue weighted by Crippen LogP contribution is 2.20. The van der Waals surface area contributed by atoms with Crippen LogP contribution in [0.15, 0.2) is 35.2 Å². The number of hydrogen-bond acceptors (Lipinski definition) is 3. The van der Waals surface area contributed by atoms with Gasteiger partial charge in [-0.05, 0) is 11.6 Å². The minimum absolute atomic E-state index is 0.202. The molecule has 5 heteroatoms. The van der Waals surface area contributed by atoms with Crippen molar-refractivity contribution >= 4 is 11.7 Å². The van der Waals surface area contributed by atoms with Crippen molar-refractivity contribution in [2.75, 3.05) is 0 Å². The molecule has 0 saturated heterocycles. The lowest BCUT2D eigenvalue weighted by Crippen LogP contribution is -2.03. The number of hydrogen-bond donors (Lipinski definition) is 2. The second-order valence-corrected chi connectivity index (χ2v) is 2.83. The van der Waals surface area contributed by atoms with Crippen LogP contribution >= 0.6 is 0 Å². The van der Waals surface area contributed by atoms with Crippen LogP contribution in [0.5, 0.6) is 0 Å². The molecule has 4 nitrogen and oxygen atoms in total. The molecule has 2 N–H and O–H groups in total. The molecule has 0 heterocycles. The van der Waals surface area contributed by atoms with Crippen LogP contribution in [0.3, 0.4) is 0 Å². The molecule has 0 aromatic rings. The molecule has 0 unspecified atom stereocenters. The summed E-state index contributed by atoms with van der Waals surface area (Å²) in [6.45, 7) is 0. The molecule has 0 aliphatic heterocycles. The number of nitrogens with one attached hydrogen (secondary N) is 1. The zero-order chi connectivity index (χ0) is 11.4. The Morgan fingerprint density at radius 3 is 2.67 bits per heavy atom. The zero-order valence-corrected chi connectivity index (χ0v) is 7.62. The molecule has 76 valence electrons. The molecule has 0 aromatic carbocycles. The number of nitriles is 1. The standard InChI is InChI=1S/C10H7FN2O2/c11-9(10(14)15)8(5-12)6-1-3-7(13)4-2-6/h1-3,13H,4H2,(H,14,15). The maximum Gasteiger partial charge on any atom is 0.366 e. The molecule has 0 aromatic heterocycles. The lowest BCUT2D eigenvalue weighted by molar-refractivity contribution is -0.134. The quantitative estimate of drug-likeness (QED) is 0.532. The molecule has 1 aliphatic carbocycles. The Kier molecular flexibility index (Phi) is 3.13. The Morgan fingerprint density at radius 2 is 2.27 bits per heavy atom. The van der Waals surface area contributed by atoms with Gasteiger partial charge >= 0.3 is 5.97 Å². The third kappa shape index (κ3) is 2.38. The average Bonchev–Trinajstić information content (AvgIpc) is 2.21. The smallest absolute Gasteiger partial charge is 0.366 e.